The number of nitrogens with one attached hydrogen (secondary N) is 2. The van der Waals surface area contributed by atoms with Crippen molar-refractivity contribution >= 4 is 10.9 Å². The summed E-state index contributed by atoms with van der Waals surface area (Å²) >= 11 is 0. The van der Waals surface area contributed by atoms with Crippen molar-refractivity contribution in [2.75, 3.05) is 6.54 Å². The van der Waals surface area contributed by atoms with Crippen molar-refractivity contribution in [3.63, 3.8) is 0 Å². The van der Waals surface area contributed by atoms with Crippen LogP contribution in [0.4, 0.5) is 0 Å². The second-order valence-electron chi connectivity index (χ2n) is 5.81. The summed E-state index contributed by atoms with van der Waals surface area (Å²) in [6, 6.07) is 7.94. The van der Waals surface area contributed by atoms with Crippen molar-refractivity contribution in [2.24, 2.45) is 0 Å². The van der Waals surface area contributed by atoms with E-state index in [2.05, 4.69) is 11.9 Å². The Labute approximate surface area is 118 Å². The van der Waals surface area contributed by atoms with Crippen LogP contribution in [0.25, 0.3) is 10.9 Å². The van der Waals surface area contributed by atoms with Gasteiger partial charge in [0.2, 0.25) is 0 Å². The Bertz CT molecular complexity index is 678. The van der Waals surface area contributed by atoms with E-state index in [1.807, 2.05) is 24.3 Å². The van der Waals surface area contributed by atoms with Gasteiger partial charge in [0.1, 0.15) is 17.9 Å². The molecule has 2 heterocycles. The van der Waals surface area contributed by atoms with Crippen molar-refractivity contribution in [1.29, 1.82) is 0 Å². The molecule has 0 spiro atoms. The van der Waals surface area contributed by atoms with E-state index in [0.29, 0.717) is 23.7 Å². The average molecular weight is 273 g/mol. The molecule has 1 aliphatic rings. The standard InChI is InChI=1S/C16H20N2O2/c1-11-6-4-5-9-18(11)10-13-15(19)12-7-2-3-8-14(12)17-16(13)20/h2-3,7-8,11H,4-6,9-10H2,1H3,(H2,17,19,20)/p+1/t11-/m1/s1. The highest BCUT2D eigenvalue weighted by Crippen LogP contribution is 2.24. The van der Waals surface area contributed by atoms with Crippen molar-refractivity contribution in [1.82, 2.24) is 4.98 Å². The molecule has 0 aliphatic carbocycles. The third kappa shape index (κ3) is 2.31. The fourth-order valence-corrected chi connectivity index (χ4v) is 3.17. The molecule has 4 nitrogen and oxygen atoms in total. The fraction of sp³-hybridized carbons (Fsp3) is 0.438. The molecule has 4 heteroatoms. The molecule has 1 aliphatic heterocycles. The second kappa shape index (κ2) is 5.29. The number of aromatic amines is 1. The molecule has 106 valence electrons. The molecule has 3 rings (SSSR count). The number of para-hydroxylation sites is 1. The molecule has 0 radical (unpaired) electrons. The Morgan fingerprint density at radius 1 is 1.35 bits per heavy atom. The molecule has 1 fully saturated rings. The number of benzene rings is 1. The van der Waals surface area contributed by atoms with E-state index < -0.39 is 0 Å². The van der Waals surface area contributed by atoms with Gasteiger partial charge in [0.05, 0.1) is 18.1 Å². The molecular formula is C16H21N2O2+. The molecule has 0 bridgehead atoms. The molecule has 1 aromatic carbocycles. The Balaban J connectivity index is 2.00. The van der Waals surface area contributed by atoms with Crippen LogP contribution in [0.1, 0.15) is 31.7 Å². The van der Waals surface area contributed by atoms with E-state index in [1.165, 1.54) is 24.2 Å². The van der Waals surface area contributed by atoms with Crippen LogP contribution in [0.5, 0.6) is 5.75 Å². The summed E-state index contributed by atoms with van der Waals surface area (Å²) in [4.78, 5) is 16.5. The largest absolute Gasteiger partial charge is 0.507 e. The van der Waals surface area contributed by atoms with E-state index >= 15 is 0 Å². The first-order valence-corrected chi connectivity index (χ1v) is 7.34. The van der Waals surface area contributed by atoms with Gasteiger partial charge < -0.3 is 15.0 Å². The zero-order valence-electron chi connectivity index (χ0n) is 11.8. The predicted octanol–water partition coefficient (Wildman–Crippen LogP) is 1.19. The van der Waals surface area contributed by atoms with Gasteiger partial charge in [-0.15, -0.1) is 0 Å². The van der Waals surface area contributed by atoms with Gasteiger partial charge in [-0.2, -0.15) is 0 Å². The first-order valence-electron chi connectivity index (χ1n) is 7.34. The minimum atomic E-state index is -0.161. The number of hydrogen-bond donors (Lipinski definition) is 3. The molecule has 1 saturated heterocycles. The third-order valence-electron chi connectivity index (χ3n) is 4.48. The van der Waals surface area contributed by atoms with Gasteiger partial charge >= 0.3 is 0 Å². The molecule has 2 atom stereocenters. The molecule has 1 unspecified atom stereocenters. The number of H-pyrrole nitrogens is 1. The summed E-state index contributed by atoms with van der Waals surface area (Å²) in [5, 5.41) is 11.1. The topological polar surface area (TPSA) is 57.5 Å². The maximum absolute atomic E-state index is 12.2. The van der Waals surface area contributed by atoms with E-state index in [0.717, 1.165) is 11.9 Å². The molecule has 1 aromatic heterocycles. The predicted molar refractivity (Wildman–Crippen MR) is 79.1 cm³/mol. The molecular weight excluding hydrogens is 252 g/mol. The Morgan fingerprint density at radius 3 is 2.95 bits per heavy atom. The Morgan fingerprint density at radius 2 is 2.15 bits per heavy atom. The van der Waals surface area contributed by atoms with Crippen LogP contribution < -0.4 is 10.5 Å². The van der Waals surface area contributed by atoms with E-state index in [9.17, 15) is 9.90 Å². The summed E-state index contributed by atoms with van der Waals surface area (Å²) in [5.74, 6) is 0.148. The lowest BCUT2D eigenvalue weighted by atomic mass is 10.0. The third-order valence-corrected chi connectivity index (χ3v) is 4.48. The van der Waals surface area contributed by atoms with Crippen LogP contribution in [0.15, 0.2) is 29.1 Å². The summed E-state index contributed by atoms with van der Waals surface area (Å²) < 4.78 is 0. The van der Waals surface area contributed by atoms with Crippen molar-refractivity contribution in [2.45, 2.75) is 38.8 Å². The summed E-state index contributed by atoms with van der Waals surface area (Å²) in [6.45, 7) is 3.90. The molecule has 0 amide bonds. The summed E-state index contributed by atoms with van der Waals surface area (Å²) in [6.07, 6.45) is 3.66. The summed E-state index contributed by atoms with van der Waals surface area (Å²) in [7, 11) is 0. The number of piperidine rings is 1. The van der Waals surface area contributed by atoms with Crippen LogP contribution in [-0.4, -0.2) is 22.7 Å². The monoisotopic (exact) mass is 273 g/mol. The highest BCUT2D eigenvalue weighted by Gasteiger charge is 2.25. The number of quaternary nitrogens is 1. The highest BCUT2D eigenvalue weighted by atomic mass is 16.3. The number of rotatable bonds is 2. The van der Waals surface area contributed by atoms with Gasteiger partial charge in [-0.05, 0) is 38.3 Å². The number of aromatic hydroxyl groups is 1. The second-order valence-corrected chi connectivity index (χ2v) is 5.81. The lowest BCUT2D eigenvalue weighted by molar-refractivity contribution is -0.942. The number of fused-ring (bicyclic) bond motifs is 1. The van der Waals surface area contributed by atoms with Gasteiger partial charge in [0.25, 0.3) is 5.56 Å². The Hall–Kier alpha value is -1.81. The minimum absolute atomic E-state index is 0.148. The number of hydrogen-bond acceptors (Lipinski definition) is 2. The lowest BCUT2D eigenvalue weighted by Gasteiger charge is -2.30. The van der Waals surface area contributed by atoms with E-state index in [-0.39, 0.29) is 11.3 Å². The normalized spacial score (nSPS) is 23.1. The molecule has 0 saturated carbocycles. The van der Waals surface area contributed by atoms with Crippen LogP contribution in [-0.2, 0) is 6.54 Å². The van der Waals surface area contributed by atoms with Crippen molar-refractivity contribution < 1.29 is 10.0 Å². The number of likely N-dealkylation sites (tertiary alicyclic amines) is 1. The van der Waals surface area contributed by atoms with Gasteiger partial charge in [0, 0.05) is 5.39 Å². The van der Waals surface area contributed by atoms with Crippen LogP contribution in [0.3, 0.4) is 0 Å². The van der Waals surface area contributed by atoms with Gasteiger partial charge in [-0.25, -0.2) is 0 Å². The highest BCUT2D eigenvalue weighted by molar-refractivity contribution is 5.85. The van der Waals surface area contributed by atoms with Gasteiger partial charge in [-0.1, -0.05) is 12.1 Å². The zero-order chi connectivity index (χ0) is 14.1. The average Bonchev–Trinajstić information content (AvgIpc) is 2.45. The fourth-order valence-electron chi connectivity index (χ4n) is 3.17. The Kier molecular flexibility index (Phi) is 3.49. The molecule has 3 N–H and O–H groups in total. The zero-order valence-corrected chi connectivity index (χ0v) is 11.8. The molecule has 20 heavy (non-hydrogen) atoms. The van der Waals surface area contributed by atoms with Crippen LogP contribution >= 0.6 is 0 Å². The minimum Gasteiger partial charge on any atom is -0.507 e. The van der Waals surface area contributed by atoms with E-state index in [1.54, 1.807) is 0 Å². The summed E-state index contributed by atoms with van der Waals surface area (Å²) in [5.41, 5.74) is 1.05. The lowest BCUT2D eigenvalue weighted by Crippen LogP contribution is -3.15. The van der Waals surface area contributed by atoms with E-state index in [4.69, 9.17) is 0 Å². The maximum Gasteiger partial charge on any atom is 0.261 e. The maximum atomic E-state index is 12.2. The van der Waals surface area contributed by atoms with Crippen LogP contribution in [0.2, 0.25) is 0 Å². The quantitative estimate of drug-likeness (QED) is 0.770. The van der Waals surface area contributed by atoms with Gasteiger partial charge in [-0.3, -0.25) is 4.79 Å². The van der Waals surface area contributed by atoms with Gasteiger partial charge in [0.15, 0.2) is 0 Å². The van der Waals surface area contributed by atoms with Crippen molar-refractivity contribution in [3.8, 4) is 5.75 Å². The first-order chi connectivity index (χ1) is 9.66. The molecule has 2 aromatic rings. The SMILES string of the molecule is C[C@@H]1CCCC[NH+]1Cc1c(O)c2ccccc2[nH]c1=O. The van der Waals surface area contributed by atoms with Crippen LogP contribution in [0, 0.1) is 0 Å². The number of aromatic nitrogens is 1. The first kappa shape index (κ1) is 13.2. The van der Waals surface area contributed by atoms with Crippen molar-refractivity contribution in [3.05, 3.63) is 40.2 Å². The number of pyridine rings is 1. The smallest absolute Gasteiger partial charge is 0.261 e.